The molecule has 1 amide bonds. The zero-order valence-corrected chi connectivity index (χ0v) is 17.5. The zero-order chi connectivity index (χ0) is 19.9. The van der Waals surface area contributed by atoms with E-state index in [0.29, 0.717) is 5.75 Å². The van der Waals surface area contributed by atoms with Crippen molar-refractivity contribution in [2.24, 2.45) is 0 Å². The van der Waals surface area contributed by atoms with Crippen molar-refractivity contribution >= 4 is 28.6 Å². The predicted octanol–water partition coefficient (Wildman–Crippen LogP) is 5.18. The third kappa shape index (κ3) is 5.30. The monoisotopic (exact) mass is 405 g/mol. The lowest BCUT2D eigenvalue weighted by Gasteiger charge is -2.12. The Kier molecular flexibility index (Phi) is 6.67. The molecule has 0 saturated carbocycles. The second kappa shape index (κ2) is 9.79. The number of benzene rings is 1. The molecule has 29 heavy (non-hydrogen) atoms. The number of hydrogen-bond donors (Lipinski definition) is 1. The normalized spacial score (nSPS) is 14.0. The van der Waals surface area contributed by atoms with Gasteiger partial charge in [-0.1, -0.05) is 53.7 Å². The van der Waals surface area contributed by atoms with Crippen LogP contribution in [0.25, 0.3) is 10.9 Å². The summed E-state index contributed by atoms with van der Waals surface area (Å²) < 4.78 is 2.23. The molecule has 2 aromatic heterocycles. The Morgan fingerprint density at radius 1 is 1.14 bits per heavy atom. The number of allylic oxidation sites excluding steroid dienone is 1. The van der Waals surface area contributed by atoms with Gasteiger partial charge in [0.15, 0.2) is 0 Å². The van der Waals surface area contributed by atoms with Gasteiger partial charge in [0.1, 0.15) is 5.03 Å². The van der Waals surface area contributed by atoms with Crippen LogP contribution in [-0.2, 0) is 11.3 Å². The van der Waals surface area contributed by atoms with Crippen molar-refractivity contribution in [3.05, 3.63) is 72.1 Å². The summed E-state index contributed by atoms with van der Waals surface area (Å²) in [4.78, 5) is 16.8. The number of nitrogens with zero attached hydrogens (tertiary/aromatic N) is 2. The van der Waals surface area contributed by atoms with Crippen LogP contribution in [0, 0.1) is 0 Å². The summed E-state index contributed by atoms with van der Waals surface area (Å²) in [7, 11) is 0. The van der Waals surface area contributed by atoms with Crippen LogP contribution in [0.2, 0.25) is 0 Å². The molecule has 2 heterocycles. The maximum absolute atomic E-state index is 12.3. The molecule has 0 radical (unpaired) electrons. The van der Waals surface area contributed by atoms with Gasteiger partial charge in [0, 0.05) is 30.9 Å². The molecule has 4 rings (SSSR count). The molecule has 1 aliphatic carbocycles. The van der Waals surface area contributed by atoms with E-state index in [1.54, 1.807) is 0 Å². The highest BCUT2D eigenvalue weighted by atomic mass is 32.2. The quantitative estimate of drug-likeness (QED) is 0.415. The summed E-state index contributed by atoms with van der Waals surface area (Å²) >= 11 is 1.51. The number of pyridine rings is 1. The van der Waals surface area contributed by atoms with Gasteiger partial charge >= 0.3 is 0 Å². The van der Waals surface area contributed by atoms with E-state index in [0.717, 1.165) is 35.4 Å². The molecule has 0 aliphatic heterocycles. The van der Waals surface area contributed by atoms with Crippen LogP contribution in [0.4, 0.5) is 0 Å². The van der Waals surface area contributed by atoms with E-state index < -0.39 is 0 Å². The Morgan fingerprint density at radius 3 is 2.86 bits per heavy atom. The Hall–Kier alpha value is -2.53. The van der Waals surface area contributed by atoms with Crippen LogP contribution in [0.15, 0.2) is 71.5 Å². The summed E-state index contributed by atoms with van der Waals surface area (Å²) in [6.07, 6.45) is 12.2. The van der Waals surface area contributed by atoms with Crippen molar-refractivity contribution in [3.8, 4) is 0 Å². The van der Waals surface area contributed by atoms with Gasteiger partial charge in [0.25, 0.3) is 0 Å². The topological polar surface area (TPSA) is 46.9 Å². The number of aromatic nitrogens is 2. The van der Waals surface area contributed by atoms with E-state index in [1.165, 1.54) is 48.6 Å². The van der Waals surface area contributed by atoms with E-state index in [1.807, 2.05) is 18.3 Å². The molecule has 0 unspecified atom stereocenters. The van der Waals surface area contributed by atoms with E-state index >= 15 is 0 Å². The van der Waals surface area contributed by atoms with Crippen LogP contribution in [0.5, 0.6) is 0 Å². The highest BCUT2D eigenvalue weighted by Gasteiger charge is 2.11. The molecule has 4 nitrogen and oxygen atoms in total. The van der Waals surface area contributed by atoms with Crippen LogP contribution in [0.3, 0.4) is 0 Å². The Bertz CT molecular complexity index is 994. The van der Waals surface area contributed by atoms with E-state index in [4.69, 9.17) is 0 Å². The minimum atomic E-state index is 0.0777. The number of carbonyl (C=O) groups is 1. The van der Waals surface area contributed by atoms with Crippen LogP contribution in [-0.4, -0.2) is 27.8 Å². The van der Waals surface area contributed by atoms with Crippen molar-refractivity contribution < 1.29 is 4.79 Å². The largest absolute Gasteiger partial charge is 0.355 e. The third-order valence-electron chi connectivity index (χ3n) is 5.35. The third-order valence-corrected chi connectivity index (χ3v) is 6.36. The highest BCUT2D eigenvalue weighted by Crippen LogP contribution is 2.27. The summed E-state index contributed by atoms with van der Waals surface area (Å²) in [6, 6.07) is 14.6. The molecular weight excluding hydrogens is 378 g/mol. The lowest BCUT2D eigenvalue weighted by molar-refractivity contribution is -0.118. The van der Waals surface area contributed by atoms with Gasteiger partial charge in [-0.25, -0.2) is 4.98 Å². The summed E-state index contributed by atoms with van der Waals surface area (Å²) in [6.45, 7) is 1.56. The first kappa shape index (κ1) is 19.8. The minimum Gasteiger partial charge on any atom is -0.355 e. The van der Waals surface area contributed by atoms with Crippen LogP contribution in [0.1, 0.15) is 37.7 Å². The standard InChI is InChI=1S/C24H27N3OS/c28-23(25-14-11-19-7-3-1-4-8-19)18-29-24-21-13-16-27(22(21)12-15-26-24)17-20-9-5-2-6-10-20/h2,5-7,9-10,12-13,15-16H,1,3-4,8,11,14,17-18H2,(H,25,28). The summed E-state index contributed by atoms with van der Waals surface area (Å²) in [5, 5.41) is 5.07. The summed E-state index contributed by atoms with van der Waals surface area (Å²) in [5.41, 5.74) is 3.91. The zero-order valence-electron chi connectivity index (χ0n) is 16.6. The first-order valence-electron chi connectivity index (χ1n) is 10.3. The molecule has 0 spiro atoms. The Balaban J connectivity index is 1.33. The molecule has 0 saturated heterocycles. The number of hydrogen-bond acceptors (Lipinski definition) is 3. The maximum atomic E-state index is 12.3. The minimum absolute atomic E-state index is 0.0777. The molecule has 5 heteroatoms. The average molecular weight is 406 g/mol. The molecule has 1 aliphatic rings. The molecule has 0 bridgehead atoms. The van der Waals surface area contributed by atoms with Crippen LogP contribution < -0.4 is 5.32 Å². The first-order chi connectivity index (χ1) is 14.3. The number of nitrogens with one attached hydrogen (secondary N) is 1. The lowest BCUT2D eigenvalue weighted by atomic mass is 9.97. The van der Waals surface area contributed by atoms with Gasteiger partial charge in [-0.05, 0) is 49.8 Å². The van der Waals surface area contributed by atoms with Crippen molar-refractivity contribution in [2.75, 3.05) is 12.3 Å². The Labute approximate surface area is 176 Å². The first-order valence-corrected chi connectivity index (χ1v) is 11.3. The molecule has 0 atom stereocenters. The highest BCUT2D eigenvalue weighted by molar-refractivity contribution is 8.00. The van der Waals surface area contributed by atoms with E-state index in [2.05, 4.69) is 57.5 Å². The van der Waals surface area contributed by atoms with E-state index in [-0.39, 0.29) is 5.91 Å². The van der Waals surface area contributed by atoms with Crippen LogP contribution >= 0.6 is 11.8 Å². The number of thioether (sulfide) groups is 1. The molecular formula is C24H27N3OS. The van der Waals surface area contributed by atoms with Gasteiger partial charge in [-0.2, -0.15) is 0 Å². The molecule has 1 N–H and O–H groups in total. The van der Waals surface area contributed by atoms with Gasteiger partial charge in [0.05, 0.1) is 11.3 Å². The van der Waals surface area contributed by atoms with Gasteiger partial charge < -0.3 is 9.88 Å². The fourth-order valence-electron chi connectivity index (χ4n) is 3.81. The molecule has 0 fully saturated rings. The van der Waals surface area contributed by atoms with Gasteiger partial charge in [0.2, 0.25) is 5.91 Å². The fraction of sp³-hybridized carbons (Fsp3) is 0.333. The van der Waals surface area contributed by atoms with Crippen molar-refractivity contribution in [1.82, 2.24) is 14.9 Å². The average Bonchev–Trinajstić information content (AvgIpc) is 3.17. The number of amides is 1. The van der Waals surface area contributed by atoms with Crippen molar-refractivity contribution in [2.45, 2.75) is 43.7 Å². The SMILES string of the molecule is O=C(CSc1nccc2c1ccn2Cc1ccccc1)NCCC1=CCCCC1. The molecule has 150 valence electrons. The van der Waals surface area contributed by atoms with E-state index in [9.17, 15) is 4.79 Å². The second-order valence-electron chi connectivity index (χ2n) is 7.47. The molecule has 1 aromatic carbocycles. The second-order valence-corrected chi connectivity index (χ2v) is 8.44. The van der Waals surface area contributed by atoms with Crippen molar-refractivity contribution in [3.63, 3.8) is 0 Å². The number of rotatable bonds is 8. The lowest BCUT2D eigenvalue weighted by Crippen LogP contribution is -2.26. The van der Waals surface area contributed by atoms with Gasteiger partial charge in [-0.15, -0.1) is 0 Å². The van der Waals surface area contributed by atoms with Gasteiger partial charge in [-0.3, -0.25) is 4.79 Å². The maximum Gasteiger partial charge on any atom is 0.230 e. The number of carbonyl (C=O) groups excluding carboxylic acids is 1. The molecule has 3 aromatic rings. The fourth-order valence-corrected chi connectivity index (χ4v) is 4.64. The number of fused-ring (bicyclic) bond motifs is 1. The van der Waals surface area contributed by atoms with Crippen molar-refractivity contribution in [1.29, 1.82) is 0 Å². The predicted molar refractivity (Wildman–Crippen MR) is 120 cm³/mol. The summed E-state index contributed by atoms with van der Waals surface area (Å²) in [5.74, 6) is 0.476. The Morgan fingerprint density at radius 2 is 2.03 bits per heavy atom. The smallest absolute Gasteiger partial charge is 0.230 e.